The highest BCUT2D eigenvalue weighted by Gasteiger charge is 2.30. The van der Waals surface area contributed by atoms with E-state index in [4.69, 9.17) is 5.73 Å². The Morgan fingerprint density at radius 1 is 1.62 bits per heavy atom. The van der Waals surface area contributed by atoms with Gasteiger partial charge in [0, 0.05) is 10.9 Å². The molecule has 0 aliphatic heterocycles. The van der Waals surface area contributed by atoms with Crippen LogP contribution in [0.25, 0.3) is 0 Å². The van der Waals surface area contributed by atoms with Crippen molar-refractivity contribution in [3.63, 3.8) is 0 Å². The Morgan fingerprint density at radius 3 is 3.00 bits per heavy atom. The molecule has 1 aromatic rings. The second-order valence-corrected chi connectivity index (χ2v) is 5.43. The van der Waals surface area contributed by atoms with E-state index in [1.54, 1.807) is 11.3 Å². The second kappa shape index (κ2) is 4.97. The van der Waals surface area contributed by atoms with Crippen LogP contribution in [0.4, 0.5) is 0 Å². The molecule has 2 rings (SSSR count). The van der Waals surface area contributed by atoms with Gasteiger partial charge >= 0.3 is 0 Å². The van der Waals surface area contributed by atoms with Crippen LogP contribution in [0, 0.1) is 5.92 Å². The minimum atomic E-state index is 0.0161. The van der Waals surface area contributed by atoms with E-state index in [0.29, 0.717) is 0 Å². The molecule has 88 valence electrons. The predicted molar refractivity (Wildman–Crippen MR) is 66.2 cm³/mol. The summed E-state index contributed by atoms with van der Waals surface area (Å²) in [7, 11) is 0. The third kappa shape index (κ3) is 2.44. The van der Waals surface area contributed by atoms with Crippen molar-refractivity contribution in [1.29, 1.82) is 0 Å². The zero-order chi connectivity index (χ0) is 11.5. The van der Waals surface area contributed by atoms with Gasteiger partial charge in [-0.3, -0.25) is 4.79 Å². The van der Waals surface area contributed by atoms with Gasteiger partial charge in [-0.05, 0) is 31.2 Å². The van der Waals surface area contributed by atoms with E-state index in [9.17, 15) is 4.79 Å². The Kier molecular flexibility index (Phi) is 3.61. The average molecular weight is 238 g/mol. The Balaban J connectivity index is 1.92. The maximum atomic E-state index is 12.0. The maximum absolute atomic E-state index is 12.0. The fraction of sp³-hybridized carbons (Fsp3) is 0.583. The van der Waals surface area contributed by atoms with E-state index in [2.05, 4.69) is 5.32 Å². The van der Waals surface area contributed by atoms with E-state index in [1.165, 1.54) is 4.88 Å². The topological polar surface area (TPSA) is 55.1 Å². The van der Waals surface area contributed by atoms with Crippen LogP contribution in [0.3, 0.4) is 0 Å². The molecular weight excluding hydrogens is 220 g/mol. The number of thiophene rings is 1. The smallest absolute Gasteiger partial charge is 0.225 e. The van der Waals surface area contributed by atoms with Crippen molar-refractivity contribution in [1.82, 2.24) is 5.32 Å². The number of nitrogens with one attached hydrogen (secondary N) is 1. The largest absolute Gasteiger partial charge is 0.348 e. The first-order chi connectivity index (χ1) is 7.68. The van der Waals surface area contributed by atoms with Gasteiger partial charge in [-0.1, -0.05) is 12.5 Å². The molecule has 0 saturated heterocycles. The van der Waals surface area contributed by atoms with Gasteiger partial charge in [-0.15, -0.1) is 11.3 Å². The molecule has 0 radical (unpaired) electrons. The Bertz CT molecular complexity index is 350. The molecular formula is C12H18N2OS. The van der Waals surface area contributed by atoms with Crippen LogP contribution < -0.4 is 11.1 Å². The van der Waals surface area contributed by atoms with Gasteiger partial charge in [0.1, 0.15) is 0 Å². The van der Waals surface area contributed by atoms with Gasteiger partial charge in [-0.25, -0.2) is 0 Å². The van der Waals surface area contributed by atoms with Crippen LogP contribution in [0.15, 0.2) is 17.5 Å². The van der Waals surface area contributed by atoms with E-state index in [0.717, 1.165) is 19.3 Å². The van der Waals surface area contributed by atoms with Crippen LogP contribution in [0.2, 0.25) is 0 Å². The Labute approximate surface area is 100 Å². The highest BCUT2D eigenvalue weighted by molar-refractivity contribution is 7.10. The maximum Gasteiger partial charge on any atom is 0.225 e. The molecule has 3 nitrogen and oxygen atoms in total. The van der Waals surface area contributed by atoms with Gasteiger partial charge in [-0.2, -0.15) is 0 Å². The van der Waals surface area contributed by atoms with E-state index < -0.39 is 0 Å². The van der Waals surface area contributed by atoms with Crippen molar-refractivity contribution in [3.8, 4) is 0 Å². The number of nitrogens with two attached hydrogens (primary N) is 1. The summed E-state index contributed by atoms with van der Waals surface area (Å²) in [6, 6.07) is 4.20. The number of rotatable bonds is 3. The third-order valence-electron chi connectivity index (χ3n) is 3.23. The number of hydrogen-bond donors (Lipinski definition) is 2. The third-order valence-corrected chi connectivity index (χ3v) is 4.29. The summed E-state index contributed by atoms with van der Waals surface area (Å²) in [5.41, 5.74) is 5.92. The van der Waals surface area contributed by atoms with Crippen LogP contribution >= 0.6 is 11.3 Å². The van der Waals surface area contributed by atoms with Crippen LogP contribution in [-0.4, -0.2) is 11.9 Å². The van der Waals surface area contributed by atoms with Gasteiger partial charge < -0.3 is 11.1 Å². The molecule has 0 spiro atoms. The SMILES string of the molecule is CC(NC(=O)C1CCCC1N)c1cccs1. The standard InChI is InChI=1S/C12H18N2OS/c1-8(11-6-3-7-16-11)14-12(15)9-4-2-5-10(9)13/h3,6-10H,2,4-5,13H2,1H3,(H,14,15). The summed E-state index contributed by atoms with van der Waals surface area (Å²) in [5, 5.41) is 5.07. The van der Waals surface area contributed by atoms with E-state index in [-0.39, 0.29) is 23.9 Å². The van der Waals surface area contributed by atoms with Gasteiger partial charge in [0.15, 0.2) is 0 Å². The minimum absolute atomic E-state index is 0.0161. The van der Waals surface area contributed by atoms with Gasteiger partial charge in [0.25, 0.3) is 0 Å². The highest BCUT2D eigenvalue weighted by Crippen LogP contribution is 2.25. The molecule has 1 saturated carbocycles. The molecule has 1 heterocycles. The fourth-order valence-corrected chi connectivity index (χ4v) is 2.98. The fourth-order valence-electron chi connectivity index (χ4n) is 2.24. The van der Waals surface area contributed by atoms with Crippen molar-refractivity contribution >= 4 is 17.2 Å². The molecule has 1 amide bonds. The molecule has 1 aliphatic rings. The summed E-state index contributed by atoms with van der Waals surface area (Å²) in [6.45, 7) is 2.02. The van der Waals surface area contributed by atoms with Crippen molar-refractivity contribution in [2.24, 2.45) is 11.7 Å². The van der Waals surface area contributed by atoms with Crippen molar-refractivity contribution < 1.29 is 4.79 Å². The van der Waals surface area contributed by atoms with E-state index >= 15 is 0 Å². The van der Waals surface area contributed by atoms with Crippen LogP contribution in [0.1, 0.15) is 37.1 Å². The lowest BCUT2D eigenvalue weighted by Crippen LogP contribution is -2.39. The lowest BCUT2D eigenvalue weighted by Gasteiger charge is -2.18. The first kappa shape index (κ1) is 11.6. The summed E-state index contributed by atoms with van der Waals surface area (Å²) in [4.78, 5) is 13.2. The van der Waals surface area contributed by atoms with Crippen molar-refractivity contribution in [2.75, 3.05) is 0 Å². The molecule has 1 fully saturated rings. The normalized spacial score (nSPS) is 26.6. The Morgan fingerprint density at radius 2 is 2.44 bits per heavy atom. The van der Waals surface area contributed by atoms with Crippen LogP contribution in [-0.2, 0) is 4.79 Å². The van der Waals surface area contributed by atoms with E-state index in [1.807, 2.05) is 24.4 Å². The first-order valence-corrected chi connectivity index (χ1v) is 6.66. The molecule has 1 aliphatic carbocycles. The molecule has 0 bridgehead atoms. The molecule has 4 heteroatoms. The minimum Gasteiger partial charge on any atom is -0.348 e. The number of carbonyl (C=O) groups excluding carboxylic acids is 1. The molecule has 3 N–H and O–H groups in total. The average Bonchev–Trinajstić information content (AvgIpc) is 2.86. The first-order valence-electron chi connectivity index (χ1n) is 5.78. The second-order valence-electron chi connectivity index (χ2n) is 4.45. The molecule has 16 heavy (non-hydrogen) atoms. The molecule has 3 unspecified atom stereocenters. The zero-order valence-electron chi connectivity index (χ0n) is 9.48. The molecule has 3 atom stereocenters. The van der Waals surface area contributed by atoms with Crippen LogP contribution in [0.5, 0.6) is 0 Å². The number of amides is 1. The highest BCUT2D eigenvalue weighted by atomic mass is 32.1. The van der Waals surface area contributed by atoms with Crippen molar-refractivity contribution in [2.45, 2.75) is 38.3 Å². The number of hydrogen-bond acceptors (Lipinski definition) is 3. The summed E-state index contributed by atoms with van der Waals surface area (Å²) in [6.07, 6.45) is 2.99. The molecule has 0 aromatic carbocycles. The zero-order valence-corrected chi connectivity index (χ0v) is 10.3. The summed E-state index contributed by atoms with van der Waals surface area (Å²) in [5.74, 6) is 0.133. The summed E-state index contributed by atoms with van der Waals surface area (Å²) >= 11 is 1.67. The number of carbonyl (C=O) groups is 1. The Hall–Kier alpha value is -0.870. The molecule has 1 aromatic heterocycles. The van der Waals surface area contributed by atoms with Crippen molar-refractivity contribution in [3.05, 3.63) is 22.4 Å². The lowest BCUT2D eigenvalue weighted by molar-refractivity contribution is -0.125. The van der Waals surface area contributed by atoms with Gasteiger partial charge in [0.2, 0.25) is 5.91 Å². The monoisotopic (exact) mass is 238 g/mol. The lowest BCUT2D eigenvalue weighted by atomic mass is 10.0. The quantitative estimate of drug-likeness (QED) is 0.847. The summed E-state index contributed by atoms with van der Waals surface area (Å²) < 4.78 is 0. The van der Waals surface area contributed by atoms with Gasteiger partial charge in [0.05, 0.1) is 12.0 Å². The predicted octanol–water partition coefficient (Wildman–Crippen LogP) is 2.05.